The third-order valence-electron chi connectivity index (χ3n) is 5.91. The monoisotopic (exact) mass is 420 g/mol. The number of amides is 1. The second-order valence-corrected chi connectivity index (χ2v) is 8.18. The number of hydrogen-bond acceptors (Lipinski definition) is 6. The molecule has 1 N–H and O–H groups in total. The highest BCUT2D eigenvalue weighted by Crippen LogP contribution is 2.35. The lowest BCUT2D eigenvalue weighted by Crippen LogP contribution is -2.32. The third-order valence-corrected chi connectivity index (χ3v) is 5.91. The molecule has 7 nitrogen and oxygen atoms in total. The Labute approximate surface area is 182 Å². The minimum Gasteiger partial charge on any atom is -0.497 e. The molecule has 3 aromatic rings. The van der Waals surface area contributed by atoms with E-state index in [2.05, 4.69) is 20.5 Å². The Hall–Kier alpha value is -3.22. The van der Waals surface area contributed by atoms with Crippen molar-refractivity contribution in [3.8, 4) is 17.2 Å². The summed E-state index contributed by atoms with van der Waals surface area (Å²) in [5, 5.41) is 11.6. The minimum absolute atomic E-state index is 0.0561. The number of methoxy groups -OCH3 is 1. The molecule has 1 aromatic carbocycles. The van der Waals surface area contributed by atoms with Gasteiger partial charge in [-0.1, -0.05) is 12.1 Å². The van der Waals surface area contributed by atoms with E-state index in [9.17, 15) is 4.79 Å². The van der Waals surface area contributed by atoms with Crippen LogP contribution in [-0.4, -0.2) is 34.7 Å². The second-order valence-electron chi connectivity index (χ2n) is 8.18. The largest absolute Gasteiger partial charge is 0.497 e. The summed E-state index contributed by atoms with van der Waals surface area (Å²) < 4.78 is 11.1. The molecule has 1 fully saturated rings. The number of rotatable bonds is 7. The highest BCUT2D eigenvalue weighted by molar-refractivity contribution is 5.78. The molecule has 2 heterocycles. The van der Waals surface area contributed by atoms with E-state index in [1.165, 1.54) is 0 Å². The normalized spacial score (nSPS) is 18.5. The molecule has 162 valence electrons. The maximum Gasteiger partial charge on any atom is 0.249 e. The maximum atomic E-state index is 12.3. The van der Waals surface area contributed by atoms with Crippen LogP contribution in [0.25, 0.3) is 11.5 Å². The van der Waals surface area contributed by atoms with Crippen molar-refractivity contribution in [1.29, 1.82) is 0 Å². The summed E-state index contributed by atoms with van der Waals surface area (Å²) in [6.45, 7) is 2.66. The van der Waals surface area contributed by atoms with E-state index in [-0.39, 0.29) is 11.8 Å². The van der Waals surface area contributed by atoms with Crippen LogP contribution in [0.1, 0.15) is 48.7 Å². The van der Waals surface area contributed by atoms with Crippen molar-refractivity contribution < 1.29 is 13.9 Å². The molecule has 0 bridgehead atoms. The molecule has 0 radical (unpaired) electrons. The molecule has 1 amide bonds. The van der Waals surface area contributed by atoms with Gasteiger partial charge in [-0.2, -0.15) is 0 Å². The van der Waals surface area contributed by atoms with Crippen LogP contribution in [0.2, 0.25) is 0 Å². The third kappa shape index (κ3) is 5.48. The lowest BCUT2D eigenvalue weighted by molar-refractivity contribution is -0.120. The average Bonchev–Trinajstić information content (AvgIpc) is 3.29. The van der Waals surface area contributed by atoms with Gasteiger partial charge >= 0.3 is 0 Å². The number of carbonyl (C=O) groups excluding carboxylic acids is 1. The number of ether oxygens (including phenoxy) is 1. The zero-order valence-corrected chi connectivity index (χ0v) is 18.0. The predicted molar refractivity (Wildman–Crippen MR) is 117 cm³/mol. The lowest BCUT2D eigenvalue weighted by atomic mass is 9.82. The van der Waals surface area contributed by atoms with Crippen molar-refractivity contribution in [3.05, 3.63) is 59.7 Å². The Morgan fingerprint density at radius 2 is 1.87 bits per heavy atom. The van der Waals surface area contributed by atoms with Crippen LogP contribution in [-0.2, 0) is 11.2 Å². The van der Waals surface area contributed by atoms with E-state index < -0.39 is 0 Å². The zero-order chi connectivity index (χ0) is 21.6. The summed E-state index contributed by atoms with van der Waals surface area (Å²) in [6, 6.07) is 11.5. The van der Waals surface area contributed by atoms with Crippen molar-refractivity contribution in [3.63, 3.8) is 0 Å². The van der Waals surface area contributed by atoms with Gasteiger partial charge in [0.05, 0.1) is 19.1 Å². The van der Waals surface area contributed by atoms with Gasteiger partial charge in [-0.15, -0.1) is 10.2 Å². The number of aromatic nitrogens is 3. The van der Waals surface area contributed by atoms with Crippen LogP contribution < -0.4 is 10.1 Å². The first-order valence-corrected chi connectivity index (χ1v) is 10.8. The minimum atomic E-state index is 0.0561. The molecule has 0 spiro atoms. The highest BCUT2D eigenvalue weighted by atomic mass is 16.5. The Morgan fingerprint density at radius 3 is 2.55 bits per heavy atom. The number of pyridine rings is 1. The number of aryl methyl sites for hydroxylation is 1. The molecular weight excluding hydrogens is 392 g/mol. The molecule has 0 atom stereocenters. The molecule has 0 unspecified atom stereocenters. The number of benzene rings is 1. The number of hydrogen-bond donors (Lipinski definition) is 1. The van der Waals surface area contributed by atoms with Crippen molar-refractivity contribution in [2.24, 2.45) is 5.92 Å². The van der Waals surface area contributed by atoms with Crippen LogP contribution >= 0.6 is 0 Å². The summed E-state index contributed by atoms with van der Waals surface area (Å²) in [5.41, 5.74) is 2.79. The van der Waals surface area contributed by atoms with Gasteiger partial charge in [-0.25, -0.2) is 0 Å². The summed E-state index contributed by atoms with van der Waals surface area (Å²) in [5.74, 6) is 2.85. The first-order chi connectivity index (χ1) is 15.1. The average molecular weight is 421 g/mol. The summed E-state index contributed by atoms with van der Waals surface area (Å²) in [6.07, 6.45) is 6.21. The van der Waals surface area contributed by atoms with E-state index in [0.29, 0.717) is 30.7 Å². The number of nitrogens with one attached hydrogen (secondary N) is 1. The molecule has 31 heavy (non-hydrogen) atoms. The maximum absolute atomic E-state index is 12.3. The zero-order valence-electron chi connectivity index (χ0n) is 18.0. The Morgan fingerprint density at radius 1 is 1.10 bits per heavy atom. The first kappa shape index (κ1) is 21.0. The summed E-state index contributed by atoms with van der Waals surface area (Å²) in [4.78, 5) is 16.6. The molecular formula is C24H28N4O3. The van der Waals surface area contributed by atoms with Crippen molar-refractivity contribution in [2.75, 3.05) is 13.7 Å². The fraction of sp³-hybridized carbons (Fsp3) is 0.417. The number of carbonyl (C=O) groups is 1. The molecule has 4 rings (SSSR count). The first-order valence-electron chi connectivity index (χ1n) is 10.8. The van der Waals surface area contributed by atoms with Crippen molar-refractivity contribution in [2.45, 2.75) is 44.9 Å². The Bertz CT molecular complexity index is 990. The topological polar surface area (TPSA) is 90.1 Å². The van der Waals surface area contributed by atoms with Gasteiger partial charge < -0.3 is 14.5 Å². The highest BCUT2D eigenvalue weighted by Gasteiger charge is 2.26. The Balaban J connectivity index is 1.22. The molecule has 7 heteroatoms. The summed E-state index contributed by atoms with van der Waals surface area (Å²) in [7, 11) is 1.63. The van der Waals surface area contributed by atoms with Crippen LogP contribution in [0, 0.1) is 12.8 Å². The smallest absolute Gasteiger partial charge is 0.249 e. The van der Waals surface area contributed by atoms with Gasteiger partial charge in [0.25, 0.3) is 0 Å². The van der Waals surface area contributed by atoms with Gasteiger partial charge in [-0.3, -0.25) is 9.78 Å². The van der Waals surface area contributed by atoms with Crippen LogP contribution in [0.4, 0.5) is 0 Å². The van der Waals surface area contributed by atoms with E-state index in [1.54, 1.807) is 13.3 Å². The molecule has 1 aliphatic carbocycles. The molecule has 0 saturated heterocycles. The van der Waals surface area contributed by atoms with Gasteiger partial charge in [0, 0.05) is 24.4 Å². The van der Waals surface area contributed by atoms with Crippen molar-refractivity contribution in [1.82, 2.24) is 20.5 Å². The predicted octanol–water partition coefficient (Wildman–Crippen LogP) is 4.08. The van der Waals surface area contributed by atoms with Gasteiger partial charge in [-0.05, 0) is 68.4 Å². The van der Waals surface area contributed by atoms with Crippen LogP contribution in [0.5, 0.6) is 5.75 Å². The van der Waals surface area contributed by atoms with E-state index in [0.717, 1.165) is 48.3 Å². The lowest BCUT2D eigenvalue weighted by Gasteiger charge is -2.26. The standard InChI is InChI=1S/C24H28N4O3/c1-16-3-8-20(15-25-16)24-28-27-23(31-24)19-9-4-18(5-10-19)14-26-22(29)13-17-6-11-21(30-2)12-7-17/h3,6-8,11-12,15,18-19H,4-5,9-10,13-14H2,1-2H3,(H,26,29). The molecule has 0 aliphatic heterocycles. The molecule has 2 aromatic heterocycles. The summed E-state index contributed by atoms with van der Waals surface area (Å²) >= 11 is 0. The quantitative estimate of drug-likeness (QED) is 0.619. The van der Waals surface area contributed by atoms with E-state index in [4.69, 9.17) is 9.15 Å². The van der Waals surface area contributed by atoms with Gasteiger partial charge in [0.1, 0.15) is 5.75 Å². The van der Waals surface area contributed by atoms with Gasteiger partial charge in [0.15, 0.2) is 0 Å². The van der Waals surface area contributed by atoms with E-state index >= 15 is 0 Å². The Kier molecular flexibility index (Phi) is 6.60. The molecule has 1 aliphatic rings. The van der Waals surface area contributed by atoms with E-state index in [1.807, 2.05) is 43.3 Å². The van der Waals surface area contributed by atoms with Gasteiger partial charge in [0.2, 0.25) is 17.7 Å². The molecule has 1 saturated carbocycles. The fourth-order valence-corrected chi connectivity index (χ4v) is 3.97. The van der Waals surface area contributed by atoms with Crippen molar-refractivity contribution >= 4 is 5.91 Å². The fourth-order valence-electron chi connectivity index (χ4n) is 3.97. The van der Waals surface area contributed by atoms with Crippen LogP contribution in [0.3, 0.4) is 0 Å². The number of nitrogens with zero attached hydrogens (tertiary/aromatic N) is 3. The second kappa shape index (κ2) is 9.73. The van der Waals surface area contributed by atoms with Crippen LogP contribution in [0.15, 0.2) is 47.0 Å². The SMILES string of the molecule is COc1ccc(CC(=O)NCC2CCC(c3nnc(-c4ccc(C)nc4)o3)CC2)cc1.